The lowest BCUT2D eigenvalue weighted by Gasteiger charge is -2.25. The van der Waals surface area contributed by atoms with Crippen LogP contribution in [0.3, 0.4) is 0 Å². The summed E-state index contributed by atoms with van der Waals surface area (Å²) in [5.41, 5.74) is 0. The van der Waals surface area contributed by atoms with E-state index in [0.717, 1.165) is 32.4 Å². The van der Waals surface area contributed by atoms with Gasteiger partial charge < -0.3 is 10.6 Å². The Balaban J connectivity index is 0.00000180. The van der Waals surface area contributed by atoms with Crippen LogP contribution in [0.15, 0.2) is 0 Å². The summed E-state index contributed by atoms with van der Waals surface area (Å²) in [6, 6.07) is 0.458. The average molecular weight is 289 g/mol. The fourth-order valence-electron chi connectivity index (χ4n) is 3.24. The first kappa shape index (κ1) is 16.8. The molecule has 0 spiro atoms. The molecule has 2 N–H and O–H groups in total. The normalized spacial score (nSPS) is 22.9. The quantitative estimate of drug-likeness (QED) is 0.838. The van der Waals surface area contributed by atoms with Crippen molar-refractivity contribution >= 4 is 18.3 Å². The zero-order chi connectivity index (χ0) is 12.6. The highest BCUT2D eigenvalue weighted by Crippen LogP contribution is 2.19. The lowest BCUT2D eigenvalue weighted by atomic mass is 9.93. The summed E-state index contributed by atoms with van der Waals surface area (Å²) in [5.74, 6) is 0.910. The van der Waals surface area contributed by atoms with Gasteiger partial charge in [0.25, 0.3) is 0 Å². The van der Waals surface area contributed by atoms with Crippen molar-refractivity contribution in [2.75, 3.05) is 13.1 Å². The maximum atomic E-state index is 12.0. The van der Waals surface area contributed by atoms with Crippen LogP contribution in [0.25, 0.3) is 0 Å². The SMILES string of the molecule is Cl.O=C(CC1CCNCC1)NC1CCCCCCC1. The van der Waals surface area contributed by atoms with Crippen LogP contribution in [0, 0.1) is 5.92 Å². The maximum absolute atomic E-state index is 12.0. The number of piperidine rings is 1. The highest BCUT2D eigenvalue weighted by molar-refractivity contribution is 5.85. The van der Waals surface area contributed by atoms with Gasteiger partial charge in [0, 0.05) is 12.5 Å². The largest absolute Gasteiger partial charge is 0.353 e. The van der Waals surface area contributed by atoms with Crippen molar-refractivity contribution in [2.24, 2.45) is 5.92 Å². The monoisotopic (exact) mass is 288 g/mol. The number of amides is 1. The molecule has 1 saturated heterocycles. The van der Waals surface area contributed by atoms with Crippen LogP contribution in [0.2, 0.25) is 0 Å². The van der Waals surface area contributed by atoms with E-state index >= 15 is 0 Å². The summed E-state index contributed by atoms with van der Waals surface area (Å²) in [6.45, 7) is 2.17. The molecule has 0 aromatic rings. The molecule has 1 saturated carbocycles. The van der Waals surface area contributed by atoms with Crippen molar-refractivity contribution < 1.29 is 4.79 Å². The van der Waals surface area contributed by atoms with E-state index in [1.165, 1.54) is 44.9 Å². The van der Waals surface area contributed by atoms with E-state index in [0.29, 0.717) is 17.9 Å². The van der Waals surface area contributed by atoms with Crippen LogP contribution < -0.4 is 10.6 Å². The van der Waals surface area contributed by atoms with Gasteiger partial charge in [0.2, 0.25) is 5.91 Å². The molecule has 4 heteroatoms. The Morgan fingerprint density at radius 3 is 2.16 bits per heavy atom. The van der Waals surface area contributed by atoms with Crippen LogP contribution in [-0.4, -0.2) is 25.0 Å². The molecule has 0 radical (unpaired) electrons. The number of hydrogen-bond acceptors (Lipinski definition) is 2. The zero-order valence-corrected chi connectivity index (χ0v) is 12.8. The lowest BCUT2D eigenvalue weighted by molar-refractivity contribution is -0.123. The summed E-state index contributed by atoms with van der Waals surface area (Å²) < 4.78 is 0. The van der Waals surface area contributed by atoms with E-state index in [9.17, 15) is 4.79 Å². The molecule has 2 rings (SSSR count). The highest BCUT2D eigenvalue weighted by atomic mass is 35.5. The Kier molecular flexibility index (Phi) is 8.47. The van der Waals surface area contributed by atoms with Gasteiger partial charge in [-0.15, -0.1) is 12.4 Å². The smallest absolute Gasteiger partial charge is 0.220 e. The number of rotatable bonds is 3. The van der Waals surface area contributed by atoms with E-state index in [2.05, 4.69) is 10.6 Å². The van der Waals surface area contributed by atoms with Gasteiger partial charge in [0.05, 0.1) is 0 Å². The minimum Gasteiger partial charge on any atom is -0.353 e. The summed E-state index contributed by atoms with van der Waals surface area (Å²) in [7, 11) is 0. The van der Waals surface area contributed by atoms with Gasteiger partial charge in [-0.1, -0.05) is 32.1 Å². The van der Waals surface area contributed by atoms with E-state index in [1.54, 1.807) is 0 Å². The lowest BCUT2D eigenvalue weighted by Crippen LogP contribution is -2.37. The van der Waals surface area contributed by atoms with Crippen molar-refractivity contribution in [3.8, 4) is 0 Å². The number of carbonyl (C=O) groups is 1. The van der Waals surface area contributed by atoms with Crippen molar-refractivity contribution in [1.82, 2.24) is 10.6 Å². The molecule has 1 aliphatic carbocycles. The molecule has 0 aromatic carbocycles. The van der Waals surface area contributed by atoms with Crippen LogP contribution in [-0.2, 0) is 4.79 Å². The first-order valence-electron chi connectivity index (χ1n) is 7.84. The van der Waals surface area contributed by atoms with Crippen LogP contribution in [0.4, 0.5) is 0 Å². The van der Waals surface area contributed by atoms with Gasteiger partial charge in [0.1, 0.15) is 0 Å². The molecule has 0 unspecified atom stereocenters. The van der Waals surface area contributed by atoms with Crippen LogP contribution in [0.5, 0.6) is 0 Å². The molecular formula is C15H29ClN2O. The maximum Gasteiger partial charge on any atom is 0.220 e. The molecule has 0 bridgehead atoms. The minimum absolute atomic E-state index is 0. The van der Waals surface area contributed by atoms with Crippen LogP contribution in [0.1, 0.15) is 64.2 Å². The molecular weight excluding hydrogens is 260 g/mol. The summed E-state index contributed by atoms with van der Waals surface area (Å²) in [6.07, 6.45) is 12.1. The Labute approximate surface area is 123 Å². The first-order chi connectivity index (χ1) is 8.84. The number of hydrogen-bond donors (Lipinski definition) is 2. The Bertz CT molecular complexity index is 247. The molecule has 0 atom stereocenters. The fourth-order valence-corrected chi connectivity index (χ4v) is 3.24. The second kappa shape index (κ2) is 9.60. The standard InChI is InChI=1S/C15H28N2O.ClH/c18-15(12-13-8-10-16-11-9-13)17-14-6-4-2-1-3-5-7-14;/h13-14,16H,1-12H2,(H,17,18);1H. The topological polar surface area (TPSA) is 41.1 Å². The third-order valence-electron chi connectivity index (χ3n) is 4.40. The minimum atomic E-state index is 0. The second-order valence-electron chi connectivity index (χ2n) is 6.01. The molecule has 0 aromatic heterocycles. The molecule has 1 aliphatic heterocycles. The van der Waals surface area contributed by atoms with Gasteiger partial charge >= 0.3 is 0 Å². The van der Waals surface area contributed by atoms with Gasteiger partial charge in [-0.25, -0.2) is 0 Å². The van der Waals surface area contributed by atoms with Crippen molar-refractivity contribution in [3.05, 3.63) is 0 Å². The Morgan fingerprint density at radius 1 is 0.947 bits per heavy atom. The third kappa shape index (κ3) is 6.62. The predicted octanol–water partition coefficient (Wildman–Crippen LogP) is 3.03. The van der Waals surface area contributed by atoms with Crippen molar-refractivity contribution in [2.45, 2.75) is 70.3 Å². The molecule has 1 heterocycles. The summed E-state index contributed by atoms with van der Waals surface area (Å²) in [5, 5.41) is 6.63. The Morgan fingerprint density at radius 2 is 1.53 bits per heavy atom. The van der Waals surface area contributed by atoms with E-state index in [-0.39, 0.29) is 12.4 Å². The van der Waals surface area contributed by atoms with Gasteiger partial charge in [-0.05, 0) is 44.7 Å². The Hall–Kier alpha value is -0.280. The van der Waals surface area contributed by atoms with Crippen molar-refractivity contribution in [3.63, 3.8) is 0 Å². The van der Waals surface area contributed by atoms with E-state index in [4.69, 9.17) is 0 Å². The zero-order valence-electron chi connectivity index (χ0n) is 12.0. The molecule has 2 aliphatic rings. The van der Waals surface area contributed by atoms with Crippen molar-refractivity contribution in [1.29, 1.82) is 0 Å². The number of nitrogens with one attached hydrogen (secondary N) is 2. The summed E-state index contributed by atoms with van der Waals surface area (Å²) >= 11 is 0. The number of halogens is 1. The average Bonchev–Trinajstić information content (AvgIpc) is 2.34. The molecule has 3 nitrogen and oxygen atoms in total. The molecule has 19 heavy (non-hydrogen) atoms. The predicted molar refractivity (Wildman–Crippen MR) is 81.7 cm³/mol. The second-order valence-corrected chi connectivity index (χ2v) is 6.01. The van der Waals surface area contributed by atoms with Gasteiger partial charge in [-0.3, -0.25) is 4.79 Å². The van der Waals surface area contributed by atoms with E-state index < -0.39 is 0 Å². The highest BCUT2D eigenvalue weighted by Gasteiger charge is 2.19. The van der Waals surface area contributed by atoms with Gasteiger partial charge in [-0.2, -0.15) is 0 Å². The van der Waals surface area contributed by atoms with Crippen LogP contribution >= 0.6 is 12.4 Å². The molecule has 1 amide bonds. The van der Waals surface area contributed by atoms with Gasteiger partial charge in [0.15, 0.2) is 0 Å². The fraction of sp³-hybridized carbons (Fsp3) is 0.933. The number of carbonyl (C=O) groups excluding carboxylic acids is 1. The summed E-state index contributed by atoms with van der Waals surface area (Å²) in [4.78, 5) is 12.0. The third-order valence-corrected chi connectivity index (χ3v) is 4.40. The first-order valence-corrected chi connectivity index (χ1v) is 7.84. The van der Waals surface area contributed by atoms with E-state index in [1.807, 2.05) is 0 Å². The molecule has 2 fully saturated rings. The molecule has 112 valence electrons.